The van der Waals surface area contributed by atoms with E-state index in [0.717, 1.165) is 38.4 Å². The fraction of sp³-hybridized carbons (Fsp3) is 0.300. The van der Waals surface area contributed by atoms with Gasteiger partial charge in [0.05, 0.1) is 24.5 Å². The Kier molecular flexibility index (Phi) is 4.89. The zero-order valence-electron chi connectivity index (χ0n) is 15.6. The maximum absolute atomic E-state index is 12.4. The number of phenols is 2. The number of hydrogen-bond acceptors (Lipinski definition) is 6. The van der Waals surface area contributed by atoms with E-state index in [1.807, 2.05) is 24.3 Å². The Balaban J connectivity index is 1.66. The molecule has 1 aromatic heterocycles. The second-order valence-electron chi connectivity index (χ2n) is 6.90. The van der Waals surface area contributed by atoms with Gasteiger partial charge in [-0.3, -0.25) is 4.90 Å². The van der Waals surface area contributed by atoms with E-state index in [1.165, 1.54) is 10.6 Å². The lowest BCUT2D eigenvalue weighted by Crippen LogP contribution is -2.35. The van der Waals surface area contributed by atoms with Crippen LogP contribution < -0.4 is 5.69 Å². The first-order chi connectivity index (χ1) is 13.5. The molecule has 0 atom stereocenters. The molecule has 1 saturated heterocycles. The normalized spacial score (nSPS) is 15.0. The van der Waals surface area contributed by atoms with Gasteiger partial charge in [-0.1, -0.05) is 12.1 Å². The number of rotatable bonds is 4. The molecule has 146 valence electrons. The van der Waals surface area contributed by atoms with Crippen molar-refractivity contribution >= 4 is 0 Å². The summed E-state index contributed by atoms with van der Waals surface area (Å²) in [7, 11) is 0. The largest absolute Gasteiger partial charge is 0.508 e. The van der Waals surface area contributed by atoms with E-state index < -0.39 is 5.69 Å². The molecule has 0 saturated carbocycles. The van der Waals surface area contributed by atoms with E-state index in [1.54, 1.807) is 13.0 Å². The molecule has 2 aromatic carbocycles. The van der Waals surface area contributed by atoms with Crippen LogP contribution in [-0.2, 0) is 11.3 Å². The van der Waals surface area contributed by atoms with Gasteiger partial charge in [-0.05, 0) is 36.2 Å². The minimum atomic E-state index is -0.402. The lowest BCUT2D eigenvalue weighted by atomic mass is 10.1. The van der Waals surface area contributed by atoms with Gasteiger partial charge >= 0.3 is 5.69 Å². The molecule has 28 heavy (non-hydrogen) atoms. The monoisotopic (exact) mass is 382 g/mol. The lowest BCUT2D eigenvalue weighted by molar-refractivity contribution is 0.0342. The molecule has 3 aromatic rings. The molecule has 8 nitrogen and oxygen atoms in total. The highest BCUT2D eigenvalue weighted by Crippen LogP contribution is 2.33. The molecule has 0 amide bonds. The van der Waals surface area contributed by atoms with Crippen molar-refractivity contribution in [3.63, 3.8) is 0 Å². The highest BCUT2D eigenvalue weighted by molar-refractivity contribution is 5.68. The van der Waals surface area contributed by atoms with Gasteiger partial charge in [0.2, 0.25) is 0 Å². The number of benzene rings is 2. The fourth-order valence-electron chi connectivity index (χ4n) is 3.35. The van der Waals surface area contributed by atoms with Gasteiger partial charge in [-0.25, -0.2) is 14.5 Å². The second kappa shape index (κ2) is 7.49. The molecule has 8 heteroatoms. The van der Waals surface area contributed by atoms with Crippen molar-refractivity contribution in [3.8, 4) is 28.6 Å². The number of hydrogen-bond donors (Lipinski definition) is 3. The SMILES string of the molecule is Cc1cc(-c2n[nH]c(=O)n2-c2ccc(CN3CCOCC3)cc2)c(O)cc1O. The van der Waals surface area contributed by atoms with E-state index in [-0.39, 0.29) is 17.3 Å². The summed E-state index contributed by atoms with van der Waals surface area (Å²) in [5.41, 5.74) is 2.33. The summed E-state index contributed by atoms with van der Waals surface area (Å²) in [6.45, 7) is 5.87. The van der Waals surface area contributed by atoms with Gasteiger partial charge < -0.3 is 14.9 Å². The summed E-state index contributed by atoms with van der Waals surface area (Å²) in [4.78, 5) is 14.7. The molecule has 0 spiro atoms. The molecule has 1 fully saturated rings. The van der Waals surface area contributed by atoms with E-state index in [9.17, 15) is 15.0 Å². The van der Waals surface area contributed by atoms with Crippen LogP contribution in [0.15, 0.2) is 41.2 Å². The number of nitrogens with one attached hydrogen (secondary N) is 1. The van der Waals surface area contributed by atoms with Gasteiger partial charge in [0.1, 0.15) is 11.5 Å². The zero-order chi connectivity index (χ0) is 19.7. The fourth-order valence-corrected chi connectivity index (χ4v) is 3.35. The average Bonchev–Trinajstić information content (AvgIpc) is 3.07. The van der Waals surface area contributed by atoms with Gasteiger partial charge in [-0.2, -0.15) is 5.10 Å². The highest BCUT2D eigenvalue weighted by atomic mass is 16.5. The van der Waals surface area contributed by atoms with Crippen molar-refractivity contribution in [1.29, 1.82) is 0 Å². The van der Waals surface area contributed by atoms with Gasteiger partial charge in [-0.15, -0.1) is 0 Å². The quantitative estimate of drug-likeness (QED) is 0.636. The van der Waals surface area contributed by atoms with Crippen molar-refractivity contribution in [2.24, 2.45) is 0 Å². The molecule has 3 N–H and O–H groups in total. The summed E-state index contributed by atoms with van der Waals surface area (Å²) in [6, 6.07) is 10.5. The standard InChI is InChI=1S/C20H22N4O4/c1-13-10-16(18(26)11-17(13)25)19-21-22-20(27)24(19)15-4-2-14(3-5-15)12-23-6-8-28-9-7-23/h2-5,10-11,25-26H,6-9,12H2,1H3,(H,22,27). The highest BCUT2D eigenvalue weighted by Gasteiger charge is 2.18. The van der Waals surface area contributed by atoms with Crippen molar-refractivity contribution in [2.45, 2.75) is 13.5 Å². The Labute approximate surface area is 161 Å². The van der Waals surface area contributed by atoms with E-state index in [4.69, 9.17) is 4.74 Å². The van der Waals surface area contributed by atoms with Crippen LogP contribution in [0.4, 0.5) is 0 Å². The number of aromatic amines is 1. The number of ether oxygens (including phenoxy) is 1. The van der Waals surface area contributed by atoms with Crippen molar-refractivity contribution in [2.75, 3.05) is 26.3 Å². The van der Waals surface area contributed by atoms with Gasteiger partial charge in [0.25, 0.3) is 0 Å². The summed E-state index contributed by atoms with van der Waals surface area (Å²) < 4.78 is 6.78. The Morgan fingerprint density at radius 3 is 2.54 bits per heavy atom. The van der Waals surface area contributed by atoms with Crippen LogP contribution in [0.2, 0.25) is 0 Å². The molecule has 0 bridgehead atoms. The maximum atomic E-state index is 12.4. The molecule has 4 rings (SSSR count). The topological polar surface area (TPSA) is 104 Å². The number of nitrogens with zero attached hydrogens (tertiary/aromatic N) is 3. The summed E-state index contributed by atoms with van der Waals surface area (Å²) in [5, 5.41) is 26.5. The molecule has 1 aliphatic rings. The second-order valence-corrected chi connectivity index (χ2v) is 6.90. The van der Waals surface area contributed by atoms with Crippen LogP contribution in [0.3, 0.4) is 0 Å². The Hall–Kier alpha value is -3.10. The number of phenolic OH excluding ortho intramolecular Hbond substituents is 2. The first kappa shape index (κ1) is 18.3. The van der Waals surface area contributed by atoms with E-state index in [2.05, 4.69) is 15.1 Å². The minimum Gasteiger partial charge on any atom is -0.508 e. The molecular weight excluding hydrogens is 360 g/mol. The first-order valence-electron chi connectivity index (χ1n) is 9.13. The van der Waals surface area contributed by atoms with Crippen LogP contribution in [0.25, 0.3) is 17.1 Å². The predicted octanol–water partition coefficient (Wildman–Crippen LogP) is 1.78. The van der Waals surface area contributed by atoms with E-state index in [0.29, 0.717) is 16.8 Å². The third kappa shape index (κ3) is 3.51. The summed E-state index contributed by atoms with van der Waals surface area (Å²) in [6.07, 6.45) is 0. The number of aromatic hydroxyl groups is 2. The Bertz CT molecular complexity index is 1030. The molecule has 1 aliphatic heterocycles. The maximum Gasteiger partial charge on any atom is 0.348 e. The smallest absolute Gasteiger partial charge is 0.348 e. The van der Waals surface area contributed by atoms with Crippen LogP contribution in [0.1, 0.15) is 11.1 Å². The zero-order valence-corrected chi connectivity index (χ0v) is 15.6. The third-order valence-corrected chi connectivity index (χ3v) is 4.93. The summed E-state index contributed by atoms with van der Waals surface area (Å²) >= 11 is 0. The average molecular weight is 382 g/mol. The summed E-state index contributed by atoms with van der Waals surface area (Å²) in [5.74, 6) is 0.122. The minimum absolute atomic E-state index is 0.0156. The van der Waals surface area contributed by atoms with Gasteiger partial charge in [0, 0.05) is 25.7 Å². The van der Waals surface area contributed by atoms with E-state index >= 15 is 0 Å². The van der Waals surface area contributed by atoms with Crippen LogP contribution in [0, 0.1) is 6.92 Å². The Morgan fingerprint density at radius 1 is 1.11 bits per heavy atom. The molecule has 0 radical (unpaired) electrons. The molecule has 0 unspecified atom stereocenters. The molecule has 2 heterocycles. The van der Waals surface area contributed by atoms with Crippen molar-refractivity contribution < 1.29 is 14.9 Å². The van der Waals surface area contributed by atoms with Crippen LogP contribution >= 0.6 is 0 Å². The number of aryl methyl sites for hydroxylation is 1. The number of H-pyrrole nitrogens is 1. The number of morpholine rings is 1. The molecule has 0 aliphatic carbocycles. The third-order valence-electron chi connectivity index (χ3n) is 4.93. The van der Waals surface area contributed by atoms with Crippen molar-refractivity contribution in [3.05, 3.63) is 58.0 Å². The Morgan fingerprint density at radius 2 is 1.82 bits per heavy atom. The van der Waals surface area contributed by atoms with Gasteiger partial charge in [0.15, 0.2) is 5.82 Å². The van der Waals surface area contributed by atoms with Crippen LogP contribution in [-0.4, -0.2) is 56.2 Å². The number of aromatic nitrogens is 3. The first-order valence-corrected chi connectivity index (χ1v) is 9.13. The van der Waals surface area contributed by atoms with Crippen molar-refractivity contribution in [1.82, 2.24) is 19.7 Å². The molecular formula is C20H22N4O4. The predicted molar refractivity (Wildman–Crippen MR) is 104 cm³/mol. The van der Waals surface area contributed by atoms with Crippen LogP contribution in [0.5, 0.6) is 11.5 Å². The lowest BCUT2D eigenvalue weighted by Gasteiger charge is -2.26.